The van der Waals surface area contributed by atoms with E-state index in [0.29, 0.717) is 5.56 Å². The fourth-order valence-electron chi connectivity index (χ4n) is 1.87. The zero-order valence-corrected chi connectivity index (χ0v) is 12.0. The van der Waals surface area contributed by atoms with Gasteiger partial charge in [0, 0.05) is 0 Å². The lowest BCUT2D eigenvalue weighted by Gasteiger charge is -2.21. The molecule has 2 amide bonds. The Morgan fingerprint density at radius 2 is 1.86 bits per heavy atom. The smallest absolute Gasteiger partial charge is 0.240 e. The molecular formula is C14H21N3O4. The third-order valence-electron chi connectivity index (χ3n) is 3.10. The Bertz CT molecular complexity index is 531. The Kier molecular flexibility index (Phi) is 5.54. The van der Waals surface area contributed by atoms with Crippen LogP contribution >= 0.6 is 0 Å². The van der Waals surface area contributed by atoms with Crippen LogP contribution in [-0.2, 0) is 16.0 Å². The summed E-state index contributed by atoms with van der Waals surface area (Å²) >= 11 is 0. The predicted molar refractivity (Wildman–Crippen MR) is 77.4 cm³/mol. The first-order valence-corrected chi connectivity index (χ1v) is 6.58. The molecule has 0 bridgehead atoms. The molecule has 0 aliphatic heterocycles. The fraction of sp³-hybridized carbons (Fsp3) is 0.429. The Morgan fingerprint density at radius 3 is 2.33 bits per heavy atom. The average molecular weight is 295 g/mol. The third kappa shape index (κ3) is 4.64. The highest BCUT2D eigenvalue weighted by molar-refractivity contribution is 5.89. The van der Waals surface area contributed by atoms with Gasteiger partial charge >= 0.3 is 0 Å². The van der Waals surface area contributed by atoms with Gasteiger partial charge in [0.25, 0.3) is 0 Å². The molecule has 7 heteroatoms. The molecule has 1 aromatic carbocycles. The number of hydrogen-bond acceptors (Lipinski definition) is 5. The van der Waals surface area contributed by atoms with Gasteiger partial charge in [-0.15, -0.1) is 0 Å². The van der Waals surface area contributed by atoms with Crippen molar-refractivity contribution in [1.82, 2.24) is 5.32 Å². The van der Waals surface area contributed by atoms with Crippen LogP contribution < -0.4 is 16.8 Å². The summed E-state index contributed by atoms with van der Waals surface area (Å²) in [5, 5.41) is 21.1. The maximum atomic E-state index is 12.0. The van der Waals surface area contributed by atoms with Crippen molar-refractivity contribution in [2.45, 2.75) is 32.4 Å². The Hall–Kier alpha value is -2.28. The Labute approximate surface area is 122 Å². The zero-order valence-electron chi connectivity index (χ0n) is 12.0. The average Bonchev–Trinajstić information content (AvgIpc) is 2.39. The van der Waals surface area contributed by atoms with Crippen LogP contribution in [-0.4, -0.2) is 34.1 Å². The first-order valence-electron chi connectivity index (χ1n) is 6.58. The largest absolute Gasteiger partial charge is 0.504 e. The zero-order chi connectivity index (χ0) is 16.2. The van der Waals surface area contributed by atoms with E-state index in [2.05, 4.69) is 5.32 Å². The highest BCUT2D eigenvalue weighted by Crippen LogP contribution is 2.25. The van der Waals surface area contributed by atoms with E-state index in [9.17, 15) is 19.8 Å². The molecule has 0 aromatic heterocycles. The maximum absolute atomic E-state index is 12.0. The molecule has 0 aliphatic rings. The molecule has 0 spiro atoms. The molecule has 0 heterocycles. The SMILES string of the molecule is CC(C)C(NC(=O)[C@@H](N)Cc1ccc(O)c(O)c1)C(N)=O. The number of phenolic OH excluding ortho intramolecular Hbond substituents is 2. The summed E-state index contributed by atoms with van der Waals surface area (Å²) in [6, 6.07) is 2.52. The summed E-state index contributed by atoms with van der Waals surface area (Å²) in [5.41, 5.74) is 11.6. The van der Waals surface area contributed by atoms with Crippen LogP contribution in [0.2, 0.25) is 0 Å². The number of hydrogen-bond donors (Lipinski definition) is 5. The van der Waals surface area contributed by atoms with E-state index in [1.54, 1.807) is 19.9 Å². The summed E-state index contributed by atoms with van der Waals surface area (Å²) in [7, 11) is 0. The summed E-state index contributed by atoms with van der Waals surface area (Å²) in [6.07, 6.45) is 0.156. The summed E-state index contributed by atoms with van der Waals surface area (Å²) in [4.78, 5) is 23.2. The van der Waals surface area contributed by atoms with Gasteiger partial charge in [-0.2, -0.15) is 0 Å². The molecule has 1 rings (SSSR count). The summed E-state index contributed by atoms with van der Waals surface area (Å²) < 4.78 is 0. The first kappa shape index (κ1) is 16.8. The second kappa shape index (κ2) is 6.94. The van der Waals surface area contributed by atoms with E-state index in [-0.39, 0.29) is 23.8 Å². The lowest BCUT2D eigenvalue weighted by molar-refractivity contribution is -0.129. The second-order valence-electron chi connectivity index (χ2n) is 5.27. The monoisotopic (exact) mass is 295 g/mol. The molecular weight excluding hydrogens is 274 g/mol. The number of nitrogens with one attached hydrogen (secondary N) is 1. The normalized spacial score (nSPS) is 13.7. The van der Waals surface area contributed by atoms with Crippen molar-refractivity contribution >= 4 is 11.8 Å². The van der Waals surface area contributed by atoms with E-state index < -0.39 is 23.9 Å². The van der Waals surface area contributed by atoms with E-state index >= 15 is 0 Å². The molecule has 21 heavy (non-hydrogen) atoms. The molecule has 1 aromatic rings. The van der Waals surface area contributed by atoms with Crippen LogP contribution in [0.3, 0.4) is 0 Å². The van der Waals surface area contributed by atoms with Crippen molar-refractivity contribution in [3.8, 4) is 11.5 Å². The number of amides is 2. The van der Waals surface area contributed by atoms with Gasteiger partial charge in [-0.25, -0.2) is 0 Å². The number of aromatic hydroxyl groups is 2. The third-order valence-corrected chi connectivity index (χ3v) is 3.10. The maximum Gasteiger partial charge on any atom is 0.240 e. The van der Waals surface area contributed by atoms with Gasteiger partial charge in [-0.3, -0.25) is 9.59 Å². The van der Waals surface area contributed by atoms with Crippen molar-refractivity contribution in [2.24, 2.45) is 17.4 Å². The van der Waals surface area contributed by atoms with Gasteiger partial charge in [-0.1, -0.05) is 19.9 Å². The molecule has 116 valence electrons. The molecule has 0 radical (unpaired) electrons. The number of nitrogens with two attached hydrogens (primary N) is 2. The summed E-state index contributed by atoms with van der Waals surface area (Å²) in [6.45, 7) is 3.53. The van der Waals surface area contributed by atoms with Crippen molar-refractivity contribution in [3.05, 3.63) is 23.8 Å². The van der Waals surface area contributed by atoms with E-state index in [1.165, 1.54) is 12.1 Å². The minimum Gasteiger partial charge on any atom is -0.504 e. The number of primary amides is 1. The molecule has 7 N–H and O–H groups in total. The number of carbonyl (C=O) groups excluding carboxylic acids is 2. The van der Waals surface area contributed by atoms with E-state index in [1.807, 2.05) is 0 Å². The van der Waals surface area contributed by atoms with Crippen LogP contribution in [0.1, 0.15) is 19.4 Å². The van der Waals surface area contributed by atoms with Crippen LogP contribution in [0, 0.1) is 5.92 Å². The van der Waals surface area contributed by atoms with E-state index in [0.717, 1.165) is 0 Å². The van der Waals surface area contributed by atoms with Crippen LogP contribution in [0.15, 0.2) is 18.2 Å². The minimum absolute atomic E-state index is 0.142. The fourth-order valence-corrected chi connectivity index (χ4v) is 1.87. The molecule has 0 fully saturated rings. The lowest BCUT2D eigenvalue weighted by atomic mass is 10.0. The first-order chi connectivity index (χ1) is 9.72. The standard InChI is InChI=1S/C14H21N3O4/c1-7(2)12(13(16)20)17-14(21)9(15)5-8-3-4-10(18)11(19)6-8/h3-4,6-7,9,12,18-19H,5,15H2,1-2H3,(H2,16,20)(H,17,21)/t9-,12?/m0/s1. The molecule has 0 saturated carbocycles. The second-order valence-corrected chi connectivity index (χ2v) is 5.27. The summed E-state index contributed by atoms with van der Waals surface area (Å²) in [5.74, 6) is -1.79. The van der Waals surface area contributed by atoms with Gasteiger partial charge in [0.15, 0.2) is 11.5 Å². The predicted octanol–water partition coefficient (Wildman–Crippen LogP) is -0.406. The van der Waals surface area contributed by atoms with Gasteiger partial charge < -0.3 is 27.0 Å². The number of carbonyl (C=O) groups is 2. The van der Waals surface area contributed by atoms with Gasteiger partial charge in [0.05, 0.1) is 6.04 Å². The molecule has 2 atom stereocenters. The van der Waals surface area contributed by atoms with Crippen molar-refractivity contribution in [1.29, 1.82) is 0 Å². The highest BCUT2D eigenvalue weighted by Gasteiger charge is 2.24. The molecule has 0 aliphatic carbocycles. The van der Waals surface area contributed by atoms with Crippen molar-refractivity contribution in [2.75, 3.05) is 0 Å². The quantitative estimate of drug-likeness (QED) is 0.454. The van der Waals surface area contributed by atoms with Gasteiger partial charge in [-0.05, 0) is 30.0 Å². The van der Waals surface area contributed by atoms with E-state index in [4.69, 9.17) is 11.5 Å². The van der Waals surface area contributed by atoms with Crippen LogP contribution in [0.25, 0.3) is 0 Å². The van der Waals surface area contributed by atoms with Crippen LogP contribution in [0.5, 0.6) is 11.5 Å². The Morgan fingerprint density at radius 1 is 1.24 bits per heavy atom. The van der Waals surface area contributed by atoms with Crippen molar-refractivity contribution in [3.63, 3.8) is 0 Å². The Balaban J connectivity index is 2.69. The van der Waals surface area contributed by atoms with Gasteiger partial charge in [0.2, 0.25) is 11.8 Å². The molecule has 0 saturated heterocycles. The van der Waals surface area contributed by atoms with Crippen molar-refractivity contribution < 1.29 is 19.8 Å². The number of benzene rings is 1. The number of phenols is 2. The van der Waals surface area contributed by atoms with Gasteiger partial charge in [0.1, 0.15) is 6.04 Å². The highest BCUT2D eigenvalue weighted by atomic mass is 16.3. The lowest BCUT2D eigenvalue weighted by Crippen LogP contribution is -2.53. The molecule has 7 nitrogen and oxygen atoms in total. The minimum atomic E-state index is -0.894. The number of rotatable bonds is 6. The molecule has 1 unspecified atom stereocenters. The van der Waals surface area contributed by atoms with Crippen LogP contribution in [0.4, 0.5) is 0 Å². The topological polar surface area (TPSA) is 139 Å².